The van der Waals surface area contributed by atoms with E-state index in [9.17, 15) is 15.2 Å². The Morgan fingerprint density at radius 3 is 2.00 bits per heavy atom. The lowest BCUT2D eigenvalue weighted by atomic mass is 9.80. The number of ether oxygens (including phenoxy) is 4. The van der Waals surface area contributed by atoms with Gasteiger partial charge in [-0.05, 0) is 41.0 Å². The average molecular weight is 531 g/mol. The van der Waals surface area contributed by atoms with Crippen molar-refractivity contribution < 1.29 is 29.0 Å². The maximum Gasteiger partial charge on any atom is 0.286 e. The van der Waals surface area contributed by atoms with Crippen molar-refractivity contribution in [2.45, 2.75) is 30.5 Å². The number of rotatable bonds is 10. The highest BCUT2D eigenvalue weighted by atomic mass is 16.6. The van der Waals surface area contributed by atoms with Gasteiger partial charge in [-0.3, -0.25) is 10.1 Å². The van der Waals surface area contributed by atoms with Gasteiger partial charge < -0.3 is 28.6 Å². The fraction of sp³-hybridized carbons (Fsp3) is 0.267. The Labute approximate surface area is 226 Å². The molecule has 1 N–H and O–H groups in total. The Balaban J connectivity index is 1.51. The SMILES string of the molecule is COc1ccc(C(OCC2OC(n3ccc([N+](=O)[O-])c3)CC2O)(c2ccccc2)c2ccc(OC)cc2)cc1. The summed E-state index contributed by atoms with van der Waals surface area (Å²) in [6.07, 6.45) is 1.25. The van der Waals surface area contributed by atoms with Crippen molar-refractivity contribution in [2.24, 2.45) is 0 Å². The molecule has 5 rings (SSSR count). The molecule has 3 unspecified atom stereocenters. The van der Waals surface area contributed by atoms with Crippen molar-refractivity contribution >= 4 is 5.69 Å². The third-order valence-electron chi connectivity index (χ3n) is 7.08. The van der Waals surface area contributed by atoms with Crippen LogP contribution in [0.15, 0.2) is 97.3 Å². The average Bonchev–Trinajstić information content (AvgIpc) is 3.62. The van der Waals surface area contributed by atoms with Crippen LogP contribution in [0.2, 0.25) is 0 Å². The van der Waals surface area contributed by atoms with Gasteiger partial charge in [0.15, 0.2) is 0 Å². The maximum atomic E-state index is 11.1. The molecule has 0 radical (unpaired) electrons. The van der Waals surface area contributed by atoms with E-state index in [0.717, 1.165) is 16.7 Å². The van der Waals surface area contributed by atoms with E-state index in [1.54, 1.807) is 25.0 Å². The molecule has 1 aliphatic heterocycles. The van der Waals surface area contributed by atoms with Crippen LogP contribution in [0, 0.1) is 10.1 Å². The number of benzene rings is 3. The van der Waals surface area contributed by atoms with Crippen LogP contribution < -0.4 is 9.47 Å². The molecule has 1 fully saturated rings. The quantitative estimate of drug-likeness (QED) is 0.173. The molecule has 0 saturated carbocycles. The molecular formula is C30H30N2O7. The van der Waals surface area contributed by atoms with Crippen LogP contribution >= 0.6 is 0 Å². The number of hydrogen-bond acceptors (Lipinski definition) is 7. The summed E-state index contributed by atoms with van der Waals surface area (Å²) < 4.78 is 25.4. The lowest BCUT2D eigenvalue weighted by molar-refractivity contribution is -0.384. The first-order valence-electron chi connectivity index (χ1n) is 12.6. The van der Waals surface area contributed by atoms with Crippen LogP contribution in [-0.2, 0) is 15.1 Å². The third-order valence-corrected chi connectivity index (χ3v) is 7.08. The Morgan fingerprint density at radius 2 is 1.49 bits per heavy atom. The monoisotopic (exact) mass is 530 g/mol. The zero-order valence-corrected chi connectivity index (χ0v) is 21.7. The van der Waals surface area contributed by atoms with Crippen molar-refractivity contribution in [1.82, 2.24) is 4.57 Å². The van der Waals surface area contributed by atoms with Gasteiger partial charge in [0.1, 0.15) is 29.4 Å². The lowest BCUT2D eigenvalue weighted by Gasteiger charge is -2.37. The molecule has 3 atom stereocenters. The van der Waals surface area contributed by atoms with Gasteiger partial charge in [-0.15, -0.1) is 0 Å². The fourth-order valence-electron chi connectivity index (χ4n) is 5.02. The van der Waals surface area contributed by atoms with E-state index in [0.29, 0.717) is 11.5 Å². The second-order valence-corrected chi connectivity index (χ2v) is 9.32. The Bertz CT molecular complexity index is 1340. The van der Waals surface area contributed by atoms with E-state index in [1.165, 1.54) is 12.3 Å². The van der Waals surface area contributed by atoms with Gasteiger partial charge in [0.25, 0.3) is 5.69 Å². The van der Waals surface area contributed by atoms with E-state index in [2.05, 4.69) is 0 Å². The molecule has 1 saturated heterocycles. The number of nitro groups is 1. The van der Waals surface area contributed by atoms with Crippen molar-refractivity contribution in [3.05, 3.63) is 124 Å². The highest BCUT2D eigenvalue weighted by Gasteiger charge is 2.42. The molecule has 0 spiro atoms. The van der Waals surface area contributed by atoms with Crippen molar-refractivity contribution in [3.8, 4) is 11.5 Å². The van der Waals surface area contributed by atoms with Crippen molar-refractivity contribution in [3.63, 3.8) is 0 Å². The standard InChI is InChI=1S/C30H30N2O7/c1-36-25-12-8-22(9-13-25)30(21-6-4-3-5-7-21,23-10-14-26(37-2)15-11-23)38-20-28-27(33)18-29(39-28)31-17-16-24(19-31)32(34)35/h3-17,19,27-29,33H,18,20H2,1-2H3. The fourth-order valence-corrected chi connectivity index (χ4v) is 5.02. The molecule has 0 bridgehead atoms. The smallest absolute Gasteiger partial charge is 0.286 e. The number of methoxy groups -OCH3 is 2. The second-order valence-electron chi connectivity index (χ2n) is 9.32. The Morgan fingerprint density at radius 1 is 0.923 bits per heavy atom. The van der Waals surface area contributed by atoms with Gasteiger partial charge in [0, 0.05) is 18.7 Å². The molecule has 3 aromatic carbocycles. The molecule has 0 aliphatic carbocycles. The van der Waals surface area contributed by atoms with Gasteiger partial charge in [-0.25, -0.2) is 0 Å². The van der Waals surface area contributed by atoms with Gasteiger partial charge in [-0.1, -0.05) is 54.6 Å². The van der Waals surface area contributed by atoms with Crippen LogP contribution in [0.5, 0.6) is 11.5 Å². The molecule has 9 heteroatoms. The van der Waals surface area contributed by atoms with E-state index < -0.39 is 29.0 Å². The summed E-state index contributed by atoms with van der Waals surface area (Å²) in [5, 5.41) is 22.0. The predicted molar refractivity (Wildman–Crippen MR) is 144 cm³/mol. The first-order chi connectivity index (χ1) is 18.9. The lowest BCUT2D eigenvalue weighted by Crippen LogP contribution is -2.38. The van der Waals surface area contributed by atoms with E-state index in [-0.39, 0.29) is 18.7 Å². The van der Waals surface area contributed by atoms with Gasteiger partial charge >= 0.3 is 0 Å². The molecule has 2 heterocycles. The van der Waals surface area contributed by atoms with Crippen LogP contribution in [-0.4, -0.2) is 47.6 Å². The normalized spacial score (nSPS) is 19.1. The van der Waals surface area contributed by atoms with Crippen molar-refractivity contribution in [2.75, 3.05) is 20.8 Å². The number of hydrogen-bond donors (Lipinski definition) is 1. The summed E-state index contributed by atoms with van der Waals surface area (Å²) in [4.78, 5) is 10.7. The number of aliphatic hydroxyl groups excluding tert-OH is 1. The van der Waals surface area contributed by atoms with Gasteiger partial charge in [0.2, 0.25) is 0 Å². The van der Waals surface area contributed by atoms with Gasteiger partial charge in [-0.2, -0.15) is 0 Å². The molecule has 4 aromatic rings. The van der Waals surface area contributed by atoms with Crippen LogP contribution in [0.25, 0.3) is 0 Å². The molecule has 202 valence electrons. The van der Waals surface area contributed by atoms with E-state index >= 15 is 0 Å². The summed E-state index contributed by atoms with van der Waals surface area (Å²) >= 11 is 0. The molecular weight excluding hydrogens is 500 g/mol. The third kappa shape index (κ3) is 5.24. The summed E-state index contributed by atoms with van der Waals surface area (Å²) in [5.41, 5.74) is 1.54. The second kappa shape index (κ2) is 11.3. The van der Waals surface area contributed by atoms with Crippen LogP contribution in [0.3, 0.4) is 0 Å². The highest BCUT2D eigenvalue weighted by molar-refractivity contribution is 5.49. The summed E-state index contributed by atoms with van der Waals surface area (Å²) in [7, 11) is 3.24. The zero-order chi connectivity index (χ0) is 27.4. The molecule has 9 nitrogen and oxygen atoms in total. The zero-order valence-electron chi connectivity index (χ0n) is 21.7. The minimum atomic E-state index is -1.05. The highest BCUT2D eigenvalue weighted by Crippen LogP contribution is 2.42. The predicted octanol–water partition coefficient (Wildman–Crippen LogP) is 5.07. The molecule has 1 aliphatic rings. The molecule has 0 amide bonds. The summed E-state index contributed by atoms with van der Waals surface area (Å²) in [5.74, 6) is 1.43. The first-order valence-corrected chi connectivity index (χ1v) is 12.6. The Kier molecular flexibility index (Phi) is 7.65. The molecule has 39 heavy (non-hydrogen) atoms. The van der Waals surface area contributed by atoms with Crippen LogP contribution in [0.1, 0.15) is 29.3 Å². The Hall–Kier alpha value is -4.18. The van der Waals surface area contributed by atoms with Crippen LogP contribution in [0.4, 0.5) is 5.69 Å². The number of aliphatic hydroxyl groups is 1. The number of aromatic nitrogens is 1. The van der Waals surface area contributed by atoms with E-state index in [1.807, 2.05) is 78.9 Å². The number of nitrogens with zero attached hydrogens (tertiary/aromatic N) is 2. The van der Waals surface area contributed by atoms with Crippen molar-refractivity contribution in [1.29, 1.82) is 0 Å². The summed E-state index contributed by atoms with van der Waals surface area (Å²) in [6, 6.07) is 26.7. The minimum Gasteiger partial charge on any atom is -0.497 e. The largest absolute Gasteiger partial charge is 0.497 e. The summed E-state index contributed by atoms with van der Waals surface area (Å²) in [6.45, 7) is 0.0635. The first kappa shape index (κ1) is 26.4. The maximum absolute atomic E-state index is 11.1. The topological polar surface area (TPSA) is 105 Å². The minimum absolute atomic E-state index is 0.0325. The molecule has 1 aromatic heterocycles. The van der Waals surface area contributed by atoms with E-state index in [4.69, 9.17) is 18.9 Å². The van der Waals surface area contributed by atoms with Gasteiger partial charge in [0.05, 0.1) is 38.1 Å².